The number of amides is 2. The standard InChI is InChI=1S/C12H17AsN2O6/c1-3-4-12(18)15-10-6-11(17)8(13(19,20)21)5-9(10)14-7(2)16/h5-6,17H,3-4H2,1-2H3,(H,14,16)(H,15,18)(H2,19,20,21). The van der Waals surface area contributed by atoms with Gasteiger partial charge in [-0.05, 0) is 0 Å². The SMILES string of the molecule is CCCC(=O)Nc1cc(O)c([As](=O)(O)O)cc1NC(C)=O. The van der Waals surface area contributed by atoms with Crippen LogP contribution in [0.2, 0.25) is 0 Å². The maximum atomic E-state index is 11.6. The Bertz CT molecular complexity index is 610. The molecule has 1 aromatic rings. The van der Waals surface area contributed by atoms with Gasteiger partial charge in [-0.3, -0.25) is 0 Å². The van der Waals surface area contributed by atoms with Crippen molar-refractivity contribution in [3.63, 3.8) is 0 Å². The van der Waals surface area contributed by atoms with Crippen molar-refractivity contribution >= 4 is 41.7 Å². The summed E-state index contributed by atoms with van der Waals surface area (Å²) < 4.78 is 29.2. The summed E-state index contributed by atoms with van der Waals surface area (Å²) in [5.74, 6) is -1.45. The van der Waals surface area contributed by atoms with Crippen LogP contribution >= 0.6 is 0 Å². The van der Waals surface area contributed by atoms with Crippen LogP contribution in [0, 0.1) is 0 Å². The topological polar surface area (TPSA) is 136 Å². The Morgan fingerprint density at radius 2 is 1.76 bits per heavy atom. The number of carbonyl (C=O) groups is 2. The summed E-state index contributed by atoms with van der Waals surface area (Å²) in [6, 6.07) is 1.98. The Morgan fingerprint density at radius 3 is 2.24 bits per heavy atom. The molecule has 1 rings (SSSR count). The van der Waals surface area contributed by atoms with E-state index in [0.717, 1.165) is 12.1 Å². The van der Waals surface area contributed by atoms with Crippen LogP contribution in [0.3, 0.4) is 0 Å². The third-order valence-electron chi connectivity index (χ3n) is 2.49. The van der Waals surface area contributed by atoms with E-state index in [1.165, 1.54) is 6.92 Å². The molecule has 0 fully saturated rings. The van der Waals surface area contributed by atoms with Crippen molar-refractivity contribution < 1.29 is 26.6 Å². The zero-order valence-electron chi connectivity index (χ0n) is 11.6. The molecule has 2 amide bonds. The Morgan fingerprint density at radius 1 is 1.19 bits per heavy atom. The number of aromatic hydroxyl groups is 1. The van der Waals surface area contributed by atoms with E-state index < -0.39 is 30.2 Å². The molecule has 0 atom stereocenters. The van der Waals surface area contributed by atoms with Crippen molar-refractivity contribution in [3.8, 4) is 5.75 Å². The third kappa shape index (κ3) is 4.93. The molecule has 0 saturated carbocycles. The summed E-state index contributed by atoms with van der Waals surface area (Å²) in [6.07, 6.45) is 0.848. The van der Waals surface area contributed by atoms with Crippen LogP contribution < -0.4 is 15.0 Å². The van der Waals surface area contributed by atoms with Crippen LogP contribution in [0.15, 0.2) is 12.1 Å². The van der Waals surface area contributed by atoms with Crippen LogP contribution in [0.5, 0.6) is 5.75 Å². The van der Waals surface area contributed by atoms with Crippen molar-refractivity contribution in [2.24, 2.45) is 0 Å². The number of carbonyl (C=O) groups excluding carboxylic acids is 2. The van der Waals surface area contributed by atoms with Gasteiger partial charge in [0.05, 0.1) is 0 Å². The van der Waals surface area contributed by atoms with Crippen molar-refractivity contribution in [1.82, 2.24) is 0 Å². The molecule has 0 aromatic heterocycles. The average Bonchev–Trinajstić information content (AvgIpc) is 2.30. The summed E-state index contributed by atoms with van der Waals surface area (Å²) >= 11 is -5.35. The van der Waals surface area contributed by atoms with Gasteiger partial charge in [0.25, 0.3) is 0 Å². The van der Waals surface area contributed by atoms with E-state index in [9.17, 15) is 26.6 Å². The van der Waals surface area contributed by atoms with Gasteiger partial charge in [-0.1, -0.05) is 0 Å². The third-order valence-corrected chi connectivity index (χ3v) is 4.56. The molecule has 0 aliphatic carbocycles. The second-order valence-electron chi connectivity index (χ2n) is 4.41. The molecule has 0 heterocycles. The average molecular weight is 360 g/mol. The van der Waals surface area contributed by atoms with Gasteiger partial charge >= 0.3 is 124 Å². The number of benzene rings is 1. The molecule has 21 heavy (non-hydrogen) atoms. The van der Waals surface area contributed by atoms with Crippen LogP contribution in [0.25, 0.3) is 0 Å². The second kappa shape index (κ2) is 6.80. The zero-order valence-corrected chi connectivity index (χ0v) is 13.5. The summed E-state index contributed by atoms with van der Waals surface area (Å²) in [5, 5.41) is 14.5. The first-order chi connectivity index (χ1) is 9.65. The number of hydrogen-bond acceptors (Lipinski definition) is 4. The number of rotatable bonds is 5. The van der Waals surface area contributed by atoms with Gasteiger partial charge in [0.1, 0.15) is 0 Å². The molecular formula is C12H17AsN2O6. The molecule has 0 radical (unpaired) electrons. The van der Waals surface area contributed by atoms with Gasteiger partial charge in [-0.25, -0.2) is 0 Å². The predicted molar refractivity (Wildman–Crippen MR) is 76.5 cm³/mol. The Balaban J connectivity index is 3.29. The van der Waals surface area contributed by atoms with Crippen molar-refractivity contribution in [2.75, 3.05) is 10.6 Å². The van der Waals surface area contributed by atoms with Crippen LogP contribution in [-0.2, 0) is 13.3 Å². The molecule has 0 unspecified atom stereocenters. The van der Waals surface area contributed by atoms with E-state index in [-0.39, 0.29) is 23.7 Å². The molecule has 1 aromatic carbocycles. The van der Waals surface area contributed by atoms with E-state index in [0.29, 0.717) is 6.42 Å². The monoisotopic (exact) mass is 360 g/mol. The van der Waals surface area contributed by atoms with Gasteiger partial charge in [-0.15, -0.1) is 0 Å². The van der Waals surface area contributed by atoms with Crippen LogP contribution in [-0.4, -0.2) is 39.3 Å². The van der Waals surface area contributed by atoms with Gasteiger partial charge < -0.3 is 0 Å². The summed E-state index contributed by atoms with van der Waals surface area (Å²) in [7, 11) is 0. The first kappa shape index (κ1) is 17.3. The molecular weight excluding hydrogens is 343 g/mol. The van der Waals surface area contributed by atoms with Gasteiger partial charge in [0.2, 0.25) is 0 Å². The van der Waals surface area contributed by atoms with Gasteiger partial charge in [0, 0.05) is 0 Å². The molecule has 0 saturated heterocycles. The number of phenols is 1. The number of anilines is 2. The van der Waals surface area contributed by atoms with Gasteiger partial charge in [-0.2, -0.15) is 0 Å². The Hall–Kier alpha value is -1.76. The second-order valence-corrected chi connectivity index (χ2v) is 7.70. The van der Waals surface area contributed by atoms with E-state index in [2.05, 4.69) is 10.6 Å². The molecule has 5 N–H and O–H groups in total. The summed E-state index contributed by atoms with van der Waals surface area (Å²) in [6.45, 7) is 3.03. The first-order valence-corrected chi connectivity index (χ1v) is 9.54. The van der Waals surface area contributed by atoms with E-state index in [1.807, 2.05) is 6.92 Å². The van der Waals surface area contributed by atoms with E-state index >= 15 is 0 Å². The molecule has 0 bridgehead atoms. The maximum absolute atomic E-state index is 11.6. The zero-order chi connectivity index (χ0) is 16.2. The van der Waals surface area contributed by atoms with Crippen molar-refractivity contribution in [1.29, 1.82) is 0 Å². The molecule has 0 aliphatic rings. The molecule has 116 valence electrons. The Labute approximate surface area is 124 Å². The van der Waals surface area contributed by atoms with Crippen LogP contribution in [0.1, 0.15) is 26.7 Å². The summed E-state index contributed by atoms with van der Waals surface area (Å²) in [4.78, 5) is 22.7. The Kier molecular flexibility index (Phi) is 5.60. The molecule has 9 heteroatoms. The van der Waals surface area contributed by atoms with Crippen LogP contribution in [0.4, 0.5) is 11.4 Å². The molecule has 8 nitrogen and oxygen atoms in total. The minimum atomic E-state index is -5.35. The fourth-order valence-electron chi connectivity index (χ4n) is 1.65. The molecule has 0 spiro atoms. The van der Waals surface area contributed by atoms with Crippen molar-refractivity contribution in [2.45, 2.75) is 26.7 Å². The quantitative estimate of drug-likeness (QED) is 0.360. The minimum absolute atomic E-state index is 0.0180. The number of hydrogen-bond donors (Lipinski definition) is 5. The fourth-order valence-corrected chi connectivity index (χ4v) is 3.03. The summed E-state index contributed by atoms with van der Waals surface area (Å²) in [5.41, 5.74) is 0.0957. The van der Waals surface area contributed by atoms with E-state index in [4.69, 9.17) is 0 Å². The van der Waals surface area contributed by atoms with Gasteiger partial charge in [0.15, 0.2) is 0 Å². The first-order valence-electron chi connectivity index (χ1n) is 6.15. The molecule has 0 aliphatic heterocycles. The number of phenolic OH excluding ortho intramolecular Hbond substituents is 1. The van der Waals surface area contributed by atoms with Crippen molar-refractivity contribution in [3.05, 3.63) is 12.1 Å². The number of nitrogens with one attached hydrogen (secondary N) is 2. The normalized spacial score (nSPS) is 11.0. The van der Waals surface area contributed by atoms with E-state index in [1.54, 1.807) is 0 Å². The fraction of sp³-hybridized carbons (Fsp3) is 0.333. The predicted octanol–water partition coefficient (Wildman–Crippen LogP) is -0.350.